The van der Waals surface area contributed by atoms with Crippen LogP contribution in [0.4, 0.5) is 8.78 Å². The molecule has 0 spiro atoms. The number of rotatable bonds is 3. The first-order valence-electron chi connectivity index (χ1n) is 6.76. The van der Waals surface area contributed by atoms with Crippen molar-refractivity contribution in [3.8, 4) is 22.4 Å². The Labute approximate surface area is 132 Å². The standard InChI is InChI=1S/C18H12ClF2N/c19-11-12-9-10-22-18(14-6-2-4-8-16(14)21)17(12)13-5-1-3-7-15(13)20/h1-10H,11H2. The molecule has 0 N–H and O–H groups in total. The monoisotopic (exact) mass is 315 g/mol. The topological polar surface area (TPSA) is 12.9 Å². The van der Waals surface area contributed by atoms with Crippen molar-refractivity contribution in [2.75, 3.05) is 0 Å². The van der Waals surface area contributed by atoms with Gasteiger partial charge in [0.2, 0.25) is 0 Å². The summed E-state index contributed by atoms with van der Waals surface area (Å²) >= 11 is 5.99. The van der Waals surface area contributed by atoms with E-state index in [4.69, 9.17) is 11.6 Å². The van der Waals surface area contributed by atoms with Crippen molar-refractivity contribution in [1.29, 1.82) is 0 Å². The summed E-state index contributed by atoms with van der Waals surface area (Å²) in [5.41, 5.74) is 2.32. The molecule has 1 aromatic heterocycles. The fourth-order valence-electron chi connectivity index (χ4n) is 2.44. The highest BCUT2D eigenvalue weighted by atomic mass is 35.5. The van der Waals surface area contributed by atoms with Gasteiger partial charge in [-0.15, -0.1) is 11.6 Å². The molecule has 0 fully saturated rings. The Morgan fingerprint density at radius 1 is 0.818 bits per heavy atom. The van der Waals surface area contributed by atoms with Crippen LogP contribution in [0, 0.1) is 11.6 Å². The molecule has 0 atom stereocenters. The molecule has 0 aliphatic rings. The molecule has 1 nitrogen and oxygen atoms in total. The van der Waals surface area contributed by atoms with Gasteiger partial charge in [0, 0.05) is 28.8 Å². The lowest BCUT2D eigenvalue weighted by atomic mass is 9.95. The van der Waals surface area contributed by atoms with Gasteiger partial charge >= 0.3 is 0 Å². The number of pyridine rings is 1. The van der Waals surface area contributed by atoms with Gasteiger partial charge in [0.15, 0.2) is 0 Å². The molecule has 3 rings (SSSR count). The third-order valence-corrected chi connectivity index (χ3v) is 3.74. The van der Waals surface area contributed by atoms with Gasteiger partial charge in [-0.1, -0.05) is 30.3 Å². The van der Waals surface area contributed by atoms with E-state index in [2.05, 4.69) is 4.98 Å². The molecule has 0 radical (unpaired) electrons. The Morgan fingerprint density at radius 3 is 2.00 bits per heavy atom. The zero-order valence-electron chi connectivity index (χ0n) is 11.6. The summed E-state index contributed by atoms with van der Waals surface area (Å²) in [5.74, 6) is -0.605. The average Bonchev–Trinajstić information content (AvgIpc) is 2.55. The minimum absolute atomic E-state index is 0.188. The molecule has 0 aliphatic heterocycles. The second-order valence-electron chi connectivity index (χ2n) is 4.79. The summed E-state index contributed by atoms with van der Waals surface area (Å²) in [6, 6.07) is 14.4. The van der Waals surface area contributed by atoms with Crippen molar-refractivity contribution in [1.82, 2.24) is 4.98 Å². The Kier molecular flexibility index (Phi) is 4.16. The molecule has 0 unspecified atom stereocenters. The van der Waals surface area contributed by atoms with Gasteiger partial charge in [0.25, 0.3) is 0 Å². The van der Waals surface area contributed by atoms with Gasteiger partial charge in [-0.3, -0.25) is 4.98 Å². The molecule has 0 amide bonds. The Bertz CT molecular complexity index is 818. The van der Waals surface area contributed by atoms with Crippen LogP contribution in [0.15, 0.2) is 60.8 Å². The first-order valence-corrected chi connectivity index (χ1v) is 7.29. The molecule has 2 aromatic carbocycles. The quantitative estimate of drug-likeness (QED) is 0.587. The highest BCUT2D eigenvalue weighted by molar-refractivity contribution is 6.17. The third-order valence-electron chi connectivity index (χ3n) is 3.45. The van der Waals surface area contributed by atoms with Crippen LogP contribution in [0.3, 0.4) is 0 Å². The maximum absolute atomic E-state index is 14.2. The summed E-state index contributed by atoms with van der Waals surface area (Å²) in [6.07, 6.45) is 1.56. The van der Waals surface area contributed by atoms with Crippen LogP contribution in [0.2, 0.25) is 0 Å². The van der Waals surface area contributed by atoms with E-state index in [0.717, 1.165) is 0 Å². The van der Waals surface area contributed by atoms with E-state index in [-0.39, 0.29) is 11.7 Å². The van der Waals surface area contributed by atoms with Gasteiger partial charge in [0.05, 0.1) is 5.69 Å². The predicted octanol–water partition coefficient (Wildman–Crippen LogP) is 5.43. The lowest BCUT2D eigenvalue weighted by molar-refractivity contribution is 0.628. The normalized spacial score (nSPS) is 10.7. The largest absolute Gasteiger partial charge is 0.255 e. The summed E-state index contributed by atoms with van der Waals surface area (Å²) in [6.45, 7) is 0. The highest BCUT2D eigenvalue weighted by Crippen LogP contribution is 2.36. The van der Waals surface area contributed by atoms with E-state index in [0.29, 0.717) is 27.9 Å². The predicted molar refractivity (Wildman–Crippen MR) is 84.6 cm³/mol. The Morgan fingerprint density at radius 2 is 1.41 bits per heavy atom. The van der Waals surface area contributed by atoms with Crippen molar-refractivity contribution >= 4 is 11.6 Å². The highest BCUT2D eigenvalue weighted by Gasteiger charge is 2.18. The maximum atomic E-state index is 14.2. The number of aromatic nitrogens is 1. The van der Waals surface area contributed by atoms with Gasteiger partial charge in [-0.2, -0.15) is 0 Å². The molecule has 22 heavy (non-hydrogen) atoms. The van der Waals surface area contributed by atoms with Crippen molar-refractivity contribution in [2.45, 2.75) is 5.88 Å². The fourth-order valence-corrected chi connectivity index (χ4v) is 2.66. The van der Waals surface area contributed by atoms with Crippen LogP contribution < -0.4 is 0 Å². The number of alkyl halides is 1. The maximum Gasteiger partial charge on any atom is 0.132 e. The molecule has 0 aliphatic carbocycles. The molecular formula is C18H12ClF2N. The van der Waals surface area contributed by atoms with E-state index in [1.165, 1.54) is 12.1 Å². The average molecular weight is 316 g/mol. The van der Waals surface area contributed by atoms with Gasteiger partial charge in [-0.05, 0) is 29.8 Å². The van der Waals surface area contributed by atoms with E-state index < -0.39 is 5.82 Å². The van der Waals surface area contributed by atoms with Gasteiger partial charge < -0.3 is 0 Å². The minimum atomic E-state index is -0.403. The molecule has 0 saturated carbocycles. The van der Waals surface area contributed by atoms with E-state index >= 15 is 0 Å². The van der Waals surface area contributed by atoms with E-state index in [1.54, 1.807) is 48.7 Å². The van der Waals surface area contributed by atoms with Crippen LogP contribution in [-0.4, -0.2) is 4.98 Å². The van der Waals surface area contributed by atoms with Crippen LogP contribution in [0.5, 0.6) is 0 Å². The van der Waals surface area contributed by atoms with Gasteiger partial charge in [0.1, 0.15) is 11.6 Å². The number of hydrogen-bond donors (Lipinski definition) is 0. The van der Waals surface area contributed by atoms with Crippen LogP contribution >= 0.6 is 11.6 Å². The summed E-state index contributed by atoms with van der Waals surface area (Å²) in [5, 5.41) is 0. The molecule has 3 aromatic rings. The summed E-state index contributed by atoms with van der Waals surface area (Å²) < 4.78 is 28.4. The van der Waals surface area contributed by atoms with Crippen molar-refractivity contribution in [2.24, 2.45) is 0 Å². The minimum Gasteiger partial charge on any atom is -0.255 e. The first kappa shape index (κ1) is 14.7. The fraction of sp³-hybridized carbons (Fsp3) is 0.0556. The second-order valence-corrected chi connectivity index (χ2v) is 5.05. The van der Waals surface area contributed by atoms with Crippen LogP contribution in [-0.2, 0) is 5.88 Å². The van der Waals surface area contributed by atoms with E-state index in [9.17, 15) is 8.78 Å². The number of halogens is 3. The number of benzene rings is 2. The second kappa shape index (κ2) is 6.24. The van der Waals surface area contributed by atoms with Crippen molar-refractivity contribution < 1.29 is 8.78 Å². The number of hydrogen-bond acceptors (Lipinski definition) is 1. The molecule has 4 heteroatoms. The summed E-state index contributed by atoms with van der Waals surface area (Å²) in [7, 11) is 0. The van der Waals surface area contributed by atoms with Crippen molar-refractivity contribution in [3.05, 3.63) is 78.0 Å². The summed E-state index contributed by atoms with van der Waals surface area (Å²) in [4.78, 5) is 4.27. The number of nitrogens with zero attached hydrogens (tertiary/aromatic N) is 1. The molecular weight excluding hydrogens is 304 g/mol. The first-order chi connectivity index (χ1) is 10.7. The van der Waals surface area contributed by atoms with Crippen LogP contribution in [0.25, 0.3) is 22.4 Å². The molecule has 1 heterocycles. The lowest BCUT2D eigenvalue weighted by Crippen LogP contribution is -1.97. The SMILES string of the molecule is Fc1ccccc1-c1nccc(CCl)c1-c1ccccc1F. The third kappa shape index (κ3) is 2.60. The van der Waals surface area contributed by atoms with E-state index in [1.807, 2.05) is 0 Å². The smallest absolute Gasteiger partial charge is 0.132 e. The zero-order chi connectivity index (χ0) is 15.5. The molecule has 110 valence electrons. The zero-order valence-corrected chi connectivity index (χ0v) is 12.3. The lowest BCUT2D eigenvalue weighted by Gasteiger charge is -2.14. The van der Waals surface area contributed by atoms with Crippen LogP contribution in [0.1, 0.15) is 5.56 Å². The van der Waals surface area contributed by atoms with Crippen molar-refractivity contribution in [3.63, 3.8) is 0 Å². The Hall–Kier alpha value is -2.26. The molecule has 0 saturated heterocycles. The molecule has 0 bridgehead atoms. The van der Waals surface area contributed by atoms with Gasteiger partial charge in [-0.25, -0.2) is 8.78 Å². The Balaban J connectivity index is 2.34.